The van der Waals surface area contributed by atoms with Gasteiger partial charge in [0, 0.05) is 5.41 Å². The second-order valence-electron chi connectivity index (χ2n) is 4.96. The van der Waals surface area contributed by atoms with E-state index in [1.165, 1.54) is 5.39 Å². The molecule has 0 N–H and O–H groups in total. The summed E-state index contributed by atoms with van der Waals surface area (Å²) in [6.07, 6.45) is 0.866. The molecule has 1 aliphatic rings. The van der Waals surface area contributed by atoms with Gasteiger partial charge in [-0.25, -0.2) is 4.99 Å². The van der Waals surface area contributed by atoms with Crippen molar-refractivity contribution >= 4 is 28.5 Å². The standard InChI is InChI=1S/C15H13NO/c1-15(2)12-7-10-5-3-4-6-11(10)8-13(12)16-14(15)9-17/h3-9H,1-2H3. The molecule has 0 bridgehead atoms. The summed E-state index contributed by atoms with van der Waals surface area (Å²) >= 11 is 0. The molecule has 0 aromatic heterocycles. The van der Waals surface area contributed by atoms with Crippen LogP contribution in [-0.4, -0.2) is 12.0 Å². The average Bonchev–Trinajstić information content (AvgIpc) is 2.58. The second-order valence-corrected chi connectivity index (χ2v) is 4.96. The molecule has 17 heavy (non-hydrogen) atoms. The van der Waals surface area contributed by atoms with Crippen LogP contribution in [0.1, 0.15) is 19.4 Å². The number of rotatable bonds is 1. The number of carbonyl (C=O) groups is 1. The maximum absolute atomic E-state index is 11.1. The van der Waals surface area contributed by atoms with Crippen molar-refractivity contribution in [1.82, 2.24) is 0 Å². The van der Waals surface area contributed by atoms with E-state index in [1.807, 2.05) is 26.0 Å². The normalized spacial score (nSPS) is 16.7. The summed E-state index contributed by atoms with van der Waals surface area (Å²) in [5, 5.41) is 2.36. The largest absolute Gasteiger partial charge is 0.296 e. The van der Waals surface area contributed by atoms with Gasteiger partial charge in [0.15, 0.2) is 6.29 Å². The van der Waals surface area contributed by atoms with Gasteiger partial charge in [-0.15, -0.1) is 0 Å². The SMILES string of the molecule is CC1(C)C(C=O)=Nc2cc3ccccc3cc21. The molecule has 3 rings (SSSR count). The van der Waals surface area contributed by atoms with Gasteiger partial charge in [-0.05, 0) is 42.3 Å². The van der Waals surface area contributed by atoms with Crippen LogP contribution >= 0.6 is 0 Å². The fourth-order valence-corrected chi connectivity index (χ4v) is 2.40. The number of aldehydes is 1. The Kier molecular flexibility index (Phi) is 1.96. The number of nitrogens with zero attached hydrogens (tertiary/aromatic N) is 1. The Hall–Kier alpha value is -1.96. The van der Waals surface area contributed by atoms with Crippen LogP contribution in [0, 0.1) is 0 Å². The lowest BCUT2D eigenvalue weighted by Gasteiger charge is -2.19. The first-order valence-corrected chi connectivity index (χ1v) is 5.70. The molecular formula is C15H13NO. The van der Waals surface area contributed by atoms with Gasteiger partial charge in [0.2, 0.25) is 0 Å². The average molecular weight is 223 g/mol. The molecule has 1 aliphatic heterocycles. The Morgan fingerprint density at radius 1 is 1.12 bits per heavy atom. The van der Waals surface area contributed by atoms with E-state index in [2.05, 4.69) is 29.3 Å². The summed E-state index contributed by atoms with van der Waals surface area (Å²) in [6.45, 7) is 4.08. The third-order valence-corrected chi connectivity index (χ3v) is 3.53. The molecule has 0 saturated heterocycles. The number of hydrogen-bond donors (Lipinski definition) is 0. The lowest BCUT2D eigenvalue weighted by molar-refractivity contribution is -0.102. The van der Waals surface area contributed by atoms with Gasteiger partial charge in [-0.2, -0.15) is 0 Å². The lowest BCUT2D eigenvalue weighted by Crippen LogP contribution is -2.26. The molecule has 2 nitrogen and oxygen atoms in total. The summed E-state index contributed by atoms with van der Waals surface area (Å²) in [5.74, 6) is 0. The Bertz CT molecular complexity index is 653. The van der Waals surface area contributed by atoms with Crippen LogP contribution in [0.4, 0.5) is 5.69 Å². The van der Waals surface area contributed by atoms with Crippen molar-refractivity contribution in [2.75, 3.05) is 0 Å². The summed E-state index contributed by atoms with van der Waals surface area (Å²) < 4.78 is 0. The number of fused-ring (bicyclic) bond motifs is 2. The molecule has 2 heteroatoms. The number of benzene rings is 2. The topological polar surface area (TPSA) is 29.4 Å². The van der Waals surface area contributed by atoms with Gasteiger partial charge >= 0.3 is 0 Å². The van der Waals surface area contributed by atoms with Crippen LogP contribution < -0.4 is 0 Å². The van der Waals surface area contributed by atoms with Gasteiger partial charge in [0.05, 0.1) is 11.4 Å². The summed E-state index contributed by atoms with van der Waals surface area (Å²) in [7, 11) is 0. The quantitative estimate of drug-likeness (QED) is 0.681. The maximum Gasteiger partial charge on any atom is 0.165 e. The highest BCUT2D eigenvalue weighted by molar-refractivity contribution is 6.35. The first-order valence-electron chi connectivity index (χ1n) is 5.70. The molecule has 2 aromatic carbocycles. The van der Waals surface area contributed by atoms with Crippen molar-refractivity contribution in [2.24, 2.45) is 4.99 Å². The van der Waals surface area contributed by atoms with E-state index in [0.29, 0.717) is 5.71 Å². The monoisotopic (exact) mass is 223 g/mol. The van der Waals surface area contributed by atoms with Gasteiger partial charge in [-0.3, -0.25) is 4.79 Å². The minimum absolute atomic E-state index is 0.277. The van der Waals surface area contributed by atoms with Gasteiger partial charge in [0.1, 0.15) is 0 Å². The molecule has 2 aromatic rings. The third-order valence-electron chi connectivity index (χ3n) is 3.53. The second kappa shape index (κ2) is 3.27. The van der Waals surface area contributed by atoms with Crippen LogP contribution in [0.3, 0.4) is 0 Å². The Balaban J connectivity index is 2.33. The Morgan fingerprint density at radius 3 is 2.41 bits per heavy atom. The van der Waals surface area contributed by atoms with Gasteiger partial charge in [0.25, 0.3) is 0 Å². The number of aliphatic imine (C=N–C) groups is 1. The molecule has 0 aliphatic carbocycles. The fourth-order valence-electron chi connectivity index (χ4n) is 2.40. The first kappa shape index (κ1) is 10.2. The van der Waals surface area contributed by atoms with Crippen LogP contribution in [0.25, 0.3) is 10.8 Å². The molecular weight excluding hydrogens is 210 g/mol. The molecule has 0 saturated carbocycles. The van der Waals surface area contributed by atoms with E-state index in [1.54, 1.807) is 0 Å². The van der Waals surface area contributed by atoms with E-state index in [9.17, 15) is 4.79 Å². The van der Waals surface area contributed by atoms with E-state index >= 15 is 0 Å². The third kappa shape index (κ3) is 1.34. The maximum atomic E-state index is 11.1. The summed E-state index contributed by atoms with van der Waals surface area (Å²) in [6, 6.07) is 12.4. The van der Waals surface area contributed by atoms with Crippen molar-refractivity contribution in [1.29, 1.82) is 0 Å². The minimum Gasteiger partial charge on any atom is -0.296 e. The van der Waals surface area contributed by atoms with Crippen molar-refractivity contribution in [3.63, 3.8) is 0 Å². The van der Waals surface area contributed by atoms with Crippen LogP contribution in [0.15, 0.2) is 41.4 Å². The molecule has 0 unspecified atom stereocenters. The summed E-state index contributed by atoms with van der Waals surface area (Å²) in [5.41, 5.74) is 2.40. The lowest BCUT2D eigenvalue weighted by atomic mass is 9.81. The van der Waals surface area contributed by atoms with Crippen molar-refractivity contribution < 1.29 is 4.79 Å². The Labute approximate surface area is 100.0 Å². The predicted molar refractivity (Wildman–Crippen MR) is 70.1 cm³/mol. The van der Waals surface area contributed by atoms with Crippen molar-refractivity contribution in [2.45, 2.75) is 19.3 Å². The smallest absolute Gasteiger partial charge is 0.165 e. The van der Waals surface area contributed by atoms with E-state index in [-0.39, 0.29) is 5.41 Å². The van der Waals surface area contributed by atoms with E-state index in [0.717, 1.165) is 22.9 Å². The molecule has 0 spiro atoms. The predicted octanol–water partition coefficient (Wildman–Crippen LogP) is 3.40. The highest BCUT2D eigenvalue weighted by Crippen LogP contribution is 2.41. The van der Waals surface area contributed by atoms with Gasteiger partial charge < -0.3 is 0 Å². The van der Waals surface area contributed by atoms with E-state index < -0.39 is 0 Å². The molecule has 1 heterocycles. The zero-order valence-corrected chi connectivity index (χ0v) is 9.90. The first-order chi connectivity index (χ1) is 8.13. The molecule has 0 fully saturated rings. The molecule has 0 amide bonds. The highest BCUT2D eigenvalue weighted by Gasteiger charge is 2.34. The number of carbonyl (C=O) groups excluding carboxylic acids is 1. The Morgan fingerprint density at radius 2 is 1.76 bits per heavy atom. The fraction of sp³-hybridized carbons (Fsp3) is 0.200. The minimum atomic E-state index is -0.277. The van der Waals surface area contributed by atoms with E-state index in [4.69, 9.17) is 0 Å². The van der Waals surface area contributed by atoms with Crippen molar-refractivity contribution in [3.8, 4) is 0 Å². The van der Waals surface area contributed by atoms with Gasteiger partial charge in [-0.1, -0.05) is 24.3 Å². The summed E-state index contributed by atoms with van der Waals surface area (Å²) in [4.78, 5) is 15.5. The van der Waals surface area contributed by atoms with Crippen LogP contribution in [0.2, 0.25) is 0 Å². The zero-order chi connectivity index (χ0) is 12.0. The molecule has 84 valence electrons. The zero-order valence-electron chi connectivity index (χ0n) is 9.90. The van der Waals surface area contributed by atoms with Crippen LogP contribution in [-0.2, 0) is 10.2 Å². The highest BCUT2D eigenvalue weighted by atomic mass is 16.1. The molecule has 0 atom stereocenters. The van der Waals surface area contributed by atoms with Crippen molar-refractivity contribution in [3.05, 3.63) is 42.0 Å². The van der Waals surface area contributed by atoms with Crippen LogP contribution in [0.5, 0.6) is 0 Å². The number of hydrogen-bond acceptors (Lipinski definition) is 2. The molecule has 0 radical (unpaired) electrons.